The number of carbonyl (C=O) groups is 2. The van der Waals surface area contributed by atoms with Crippen molar-refractivity contribution >= 4 is 21.8 Å². The van der Waals surface area contributed by atoms with Crippen LogP contribution in [0.1, 0.15) is 66.9 Å². The summed E-state index contributed by atoms with van der Waals surface area (Å²) >= 11 is 0. The SMILES string of the molecule is C=C/C(C)=C\C=C(/C)[C@H]1[C@H](C(=O)NOCc2ccccc2)c2ccccc2C(=O)N1[C@H]1CCCC[C@@H]1NS(C)(=O)=O. The zero-order chi connectivity index (χ0) is 29.6. The summed E-state index contributed by atoms with van der Waals surface area (Å²) in [5, 5.41) is 0. The summed E-state index contributed by atoms with van der Waals surface area (Å²) < 4.78 is 27.4. The highest BCUT2D eigenvalue weighted by molar-refractivity contribution is 7.88. The second kappa shape index (κ2) is 13.4. The van der Waals surface area contributed by atoms with Gasteiger partial charge in [0.2, 0.25) is 10.0 Å². The molecule has 1 aliphatic heterocycles. The van der Waals surface area contributed by atoms with Crippen molar-refractivity contribution in [2.24, 2.45) is 0 Å². The van der Waals surface area contributed by atoms with Crippen molar-refractivity contribution in [2.45, 2.75) is 70.2 Å². The molecule has 2 aliphatic rings. The molecule has 0 bridgehead atoms. The summed E-state index contributed by atoms with van der Waals surface area (Å²) in [7, 11) is -3.53. The van der Waals surface area contributed by atoms with Crippen LogP contribution in [0.5, 0.6) is 0 Å². The number of carbonyl (C=O) groups excluding carboxylic acids is 2. The highest BCUT2D eigenvalue weighted by Crippen LogP contribution is 2.41. The number of benzene rings is 2. The molecule has 1 fully saturated rings. The predicted octanol–water partition coefficient (Wildman–Crippen LogP) is 4.78. The van der Waals surface area contributed by atoms with Gasteiger partial charge >= 0.3 is 0 Å². The number of hydroxylamine groups is 1. The molecule has 1 heterocycles. The third-order valence-corrected chi connectivity index (χ3v) is 8.49. The van der Waals surface area contributed by atoms with Crippen LogP contribution in [-0.2, 0) is 26.3 Å². The van der Waals surface area contributed by atoms with Crippen LogP contribution in [0.3, 0.4) is 0 Å². The molecule has 0 unspecified atom stereocenters. The Morgan fingerprint density at radius 1 is 1.05 bits per heavy atom. The van der Waals surface area contributed by atoms with Gasteiger partial charge in [0.05, 0.1) is 24.8 Å². The molecule has 41 heavy (non-hydrogen) atoms. The largest absolute Gasteiger partial charge is 0.326 e. The fourth-order valence-corrected chi connectivity index (χ4v) is 6.62. The molecule has 8 nitrogen and oxygen atoms in total. The molecular formula is C32H39N3O5S. The smallest absolute Gasteiger partial charge is 0.255 e. The molecule has 2 amide bonds. The number of nitrogens with one attached hydrogen (secondary N) is 2. The first kappa shape index (κ1) is 30.4. The van der Waals surface area contributed by atoms with Gasteiger partial charge in [-0.15, -0.1) is 0 Å². The van der Waals surface area contributed by atoms with E-state index >= 15 is 0 Å². The Labute approximate surface area is 243 Å². The number of allylic oxidation sites excluding steroid dienone is 4. The van der Waals surface area contributed by atoms with Crippen molar-refractivity contribution in [1.82, 2.24) is 15.1 Å². The third-order valence-electron chi connectivity index (χ3n) is 7.76. The van der Waals surface area contributed by atoms with E-state index in [1.54, 1.807) is 23.1 Å². The van der Waals surface area contributed by atoms with Gasteiger partial charge in [-0.25, -0.2) is 18.6 Å². The topological polar surface area (TPSA) is 105 Å². The molecule has 4 rings (SSSR count). The van der Waals surface area contributed by atoms with Crippen molar-refractivity contribution in [3.8, 4) is 0 Å². The van der Waals surface area contributed by atoms with Crippen LogP contribution in [0.25, 0.3) is 0 Å². The summed E-state index contributed by atoms with van der Waals surface area (Å²) in [6.07, 6.45) is 9.59. The molecule has 0 radical (unpaired) electrons. The molecule has 2 N–H and O–H groups in total. The molecule has 1 aliphatic carbocycles. The molecule has 218 valence electrons. The van der Waals surface area contributed by atoms with E-state index < -0.39 is 34.1 Å². The first-order valence-electron chi connectivity index (χ1n) is 13.9. The minimum absolute atomic E-state index is 0.188. The summed E-state index contributed by atoms with van der Waals surface area (Å²) in [6.45, 7) is 7.83. The highest BCUT2D eigenvalue weighted by atomic mass is 32.2. The average Bonchev–Trinajstić information content (AvgIpc) is 2.95. The Kier molecular flexibility index (Phi) is 9.96. The lowest BCUT2D eigenvalue weighted by molar-refractivity contribution is -0.137. The number of amides is 2. The van der Waals surface area contributed by atoms with Gasteiger partial charge in [-0.05, 0) is 49.5 Å². The molecule has 0 saturated heterocycles. The second-order valence-corrected chi connectivity index (χ2v) is 12.6. The Morgan fingerprint density at radius 3 is 2.44 bits per heavy atom. The number of hydrogen-bond donors (Lipinski definition) is 2. The van der Waals surface area contributed by atoms with Crippen LogP contribution >= 0.6 is 0 Å². The summed E-state index contributed by atoms with van der Waals surface area (Å²) in [4.78, 5) is 35.6. The van der Waals surface area contributed by atoms with Crippen molar-refractivity contribution in [1.29, 1.82) is 0 Å². The van der Waals surface area contributed by atoms with Gasteiger partial charge < -0.3 is 4.90 Å². The van der Waals surface area contributed by atoms with Crippen molar-refractivity contribution < 1.29 is 22.8 Å². The average molecular weight is 578 g/mol. The molecule has 2 aromatic carbocycles. The predicted molar refractivity (Wildman–Crippen MR) is 160 cm³/mol. The maximum absolute atomic E-state index is 14.2. The Hall–Kier alpha value is -3.53. The van der Waals surface area contributed by atoms with Gasteiger partial charge in [-0.2, -0.15) is 0 Å². The maximum atomic E-state index is 14.2. The molecular weight excluding hydrogens is 538 g/mol. The zero-order valence-corrected chi connectivity index (χ0v) is 24.7. The Morgan fingerprint density at radius 2 is 1.73 bits per heavy atom. The first-order chi connectivity index (χ1) is 19.6. The van der Waals surface area contributed by atoms with E-state index in [-0.39, 0.29) is 18.4 Å². The van der Waals surface area contributed by atoms with E-state index in [1.165, 1.54) is 0 Å². The number of rotatable bonds is 10. The normalized spacial score (nSPS) is 23.6. The minimum Gasteiger partial charge on any atom is -0.326 e. The van der Waals surface area contributed by atoms with Gasteiger partial charge in [0.15, 0.2) is 0 Å². The molecule has 0 spiro atoms. The molecule has 0 aromatic heterocycles. The van der Waals surface area contributed by atoms with Gasteiger partial charge in [-0.1, -0.05) is 91.8 Å². The molecule has 4 atom stereocenters. The van der Waals surface area contributed by atoms with E-state index in [0.29, 0.717) is 24.0 Å². The van der Waals surface area contributed by atoms with E-state index in [2.05, 4.69) is 16.8 Å². The van der Waals surface area contributed by atoms with Gasteiger partial charge in [0, 0.05) is 17.6 Å². The first-order valence-corrected chi connectivity index (χ1v) is 15.8. The molecule has 2 aromatic rings. The van der Waals surface area contributed by atoms with Gasteiger partial charge in [0.1, 0.15) is 0 Å². The summed E-state index contributed by atoms with van der Waals surface area (Å²) in [6, 6.07) is 15.1. The lowest BCUT2D eigenvalue weighted by Gasteiger charge is -2.49. The van der Waals surface area contributed by atoms with Crippen LogP contribution in [0.15, 0.2) is 90.6 Å². The van der Waals surface area contributed by atoms with Crippen LogP contribution in [0, 0.1) is 0 Å². The standard InChI is InChI=1S/C32H39N3O5S/c1-5-22(2)19-20-23(3)30-29(31(36)33-40-21-24-13-7-6-8-14-24)25-15-9-10-16-26(25)32(37)35(30)28-18-12-11-17-27(28)34-41(4,38)39/h5-10,13-16,19-20,27-30,34H,1,11-12,17-18,21H2,2-4H3,(H,33,36)/b22-19-,23-20+/t27-,28-,29+,30-/m0/s1. The Balaban J connectivity index is 1.79. The second-order valence-electron chi connectivity index (χ2n) is 10.8. The fraction of sp³-hybridized carbons (Fsp3) is 0.375. The Bertz CT molecular complexity index is 1430. The van der Waals surface area contributed by atoms with Crippen LogP contribution < -0.4 is 10.2 Å². The van der Waals surface area contributed by atoms with E-state index in [4.69, 9.17) is 4.84 Å². The maximum Gasteiger partial charge on any atom is 0.255 e. The lowest BCUT2D eigenvalue weighted by Crippen LogP contribution is -2.62. The zero-order valence-electron chi connectivity index (χ0n) is 23.9. The minimum atomic E-state index is -3.53. The quantitative estimate of drug-likeness (QED) is 0.312. The summed E-state index contributed by atoms with van der Waals surface area (Å²) in [5.74, 6) is -1.38. The lowest BCUT2D eigenvalue weighted by atomic mass is 9.76. The van der Waals surface area contributed by atoms with Crippen LogP contribution in [0.4, 0.5) is 0 Å². The summed E-state index contributed by atoms with van der Waals surface area (Å²) in [5.41, 5.74) is 6.31. The fourth-order valence-electron chi connectivity index (χ4n) is 5.80. The van der Waals surface area contributed by atoms with Crippen molar-refractivity contribution in [3.05, 3.63) is 107 Å². The van der Waals surface area contributed by atoms with Crippen LogP contribution in [0.2, 0.25) is 0 Å². The number of hydrogen-bond acceptors (Lipinski definition) is 5. The molecule has 9 heteroatoms. The third kappa shape index (κ3) is 7.41. The van der Waals surface area contributed by atoms with Gasteiger partial charge in [-0.3, -0.25) is 14.4 Å². The van der Waals surface area contributed by atoms with Crippen molar-refractivity contribution in [3.63, 3.8) is 0 Å². The molecule has 1 saturated carbocycles. The number of nitrogens with zero attached hydrogens (tertiary/aromatic N) is 1. The van der Waals surface area contributed by atoms with E-state index in [0.717, 1.165) is 35.8 Å². The van der Waals surface area contributed by atoms with E-state index in [9.17, 15) is 18.0 Å². The monoisotopic (exact) mass is 577 g/mol. The van der Waals surface area contributed by atoms with E-state index in [1.807, 2.05) is 68.5 Å². The van der Waals surface area contributed by atoms with Gasteiger partial charge in [0.25, 0.3) is 11.8 Å². The van der Waals surface area contributed by atoms with Crippen LogP contribution in [-0.4, -0.2) is 49.5 Å². The number of fused-ring (bicyclic) bond motifs is 1. The number of sulfonamides is 1. The van der Waals surface area contributed by atoms with Crippen molar-refractivity contribution in [2.75, 3.05) is 6.26 Å². The highest BCUT2D eigenvalue weighted by Gasteiger charge is 2.48.